The lowest BCUT2D eigenvalue weighted by molar-refractivity contribution is 0.104. The fourth-order valence-corrected chi connectivity index (χ4v) is 2.93. The Hall–Kier alpha value is -4.13. The molecule has 0 aliphatic carbocycles. The quantitative estimate of drug-likeness (QED) is 0.341. The lowest BCUT2D eigenvalue weighted by atomic mass is 10.1. The average molecular weight is 435 g/mol. The van der Waals surface area contributed by atoms with Crippen LogP contribution in [0.25, 0.3) is 0 Å². The molecule has 0 bridgehead atoms. The number of nitrogens with one attached hydrogen (secondary N) is 1. The Morgan fingerprint density at radius 2 is 1.25 bits per heavy atom. The Balaban J connectivity index is 1.62. The average Bonchev–Trinajstić information content (AvgIpc) is 2.84. The molecule has 0 aromatic heterocycles. The smallest absolute Gasteiger partial charge is 0.203 e. The number of carbonyl (C=O) groups excluding carboxylic acids is 1. The monoisotopic (exact) mass is 435 g/mol. The molecule has 3 rings (SSSR count). The number of ketones is 1. The van der Waals surface area contributed by atoms with Gasteiger partial charge in [0.05, 0.1) is 28.4 Å². The van der Waals surface area contributed by atoms with Crippen LogP contribution in [0.5, 0.6) is 34.5 Å². The predicted molar refractivity (Wildman–Crippen MR) is 123 cm³/mol. The highest BCUT2D eigenvalue weighted by atomic mass is 16.5. The van der Waals surface area contributed by atoms with Crippen LogP contribution in [-0.2, 0) is 0 Å². The van der Waals surface area contributed by atoms with E-state index < -0.39 is 0 Å². The molecule has 1 N–H and O–H groups in total. The van der Waals surface area contributed by atoms with Gasteiger partial charge in [0, 0.05) is 23.5 Å². The molecule has 0 unspecified atom stereocenters. The number of benzene rings is 3. The van der Waals surface area contributed by atoms with E-state index in [4.69, 9.17) is 23.7 Å². The van der Waals surface area contributed by atoms with E-state index in [9.17, 15) is 4.79 Å². The van der Waals surface area contributed by atoms with E-state index in [1.165, 1.54) is 27.4 Å². The van der Waals surface area contributed by atoms with Crippen LogP contribution < -0.4 is 29.0 Å². The number of carbonyl (C=O) groups is 1. The lowest BCUT2D eigenvalue weighted by Gasteiger charge is -2.13. The first-order chi connectivity index (χ1) is 15.6. The van der Waals surface area contributed by atoms with Gasteiger partial charge in [0.2, 0.25) is 5.75 Å². The van der Waals surface area contributed by atoms with Crippen molar-refractivity contribution >= 4 is 11.5 Å². The molecule has 0 aliphatic rings. The summed E-state index contributed by atoms with van der Waals surface area (Å²) in [6.07, 6.45) is 3.01. The van der Waals surface area contributed by atoms with Gasteiger partial charge in [-0.1, -0.05) is 0 Å². The van der Waals surface area contributed by atoms with Gasteiger partial charge in [0.1, 0.15) is 17.2 Å². The summed E-state index contributed by atoms with van der Waals surface area (Å²) in [5, 5.41) is 3.07. The Morgan fingerprint density at radius 1 is 0.719 bits per heavy atom. The Kier molecular flexibility index (Phi) is 7.59. The molecule has 0 amide bonds. The molecule has 0 radical (unpaired) electrons. The second kappa shape index (κ2) is 10.8. The molecule has 32 heavy (non-hydrogen) atoms. The Labute approximate surface area is 187 Å². The van der Waals surface area contributed by atoms with E-state index in [0.717, 1.165) is 11.4 Å². The third kappa shape index (κ3) is 5.51. The van der Waals surface area contributed by atoms with Crippen molar-refractivity contribution < 1.29 is 28.5 Å². The lowest BCUT2D eigenvalue weighted by Crippen LogP contribution is -2.01. The maximum absolute atomic E-state index is 12.6. The van der Waals surface area contributed by atoms with Gasteiger partial charge in [-0.05, 0) is 60.7 Å². The third-order valence-corrected chi connectivity index (χ3v) is 4.58. The molecule has 7 heteroatoms. The first-order valence-corrected chi connectivity index (χ1v) is 9.77. The van der Waals surface area contributed by atoms with Crippen molar-refractivity contribution in [2.75, 3.05) is 33.8 Å². The Morgan fingerprint density at radius 3 is 1.75 bits per heavy atom. The van der Waals surface area contributed by atoms with Crippen LogP contribution in [0.3, 0.4) is 0 Å². The van der Waals surface area contributed by atoms with Crippen LogP contribution in [0, 0.1) is 0 Å². The normalized spacial score (nSPS) is 10.5. The zero-order chi connectivity index (χ0) is 22.9. The molecule has 0 aliphatic heterocycles. The molecule has 166 valence electrons. The predicted octanol–water partition coefficient (Wildman–Crippen LogP) is 5.32. The molecular weight excluding hydrogens is 410 g/mol. The zero-order valence-corrected chi connectivity index (χ0v) is 18.4. The number of hydrogen-bond acceptors (Lipinski definition) is 7. The standard InChI is InChI=1S/C25H25NO6/c1-28-19-9-11-21(12-10-19)32-20-7-5-18(6-8-20)26-14-13-22(27)17-15-23(29-2)25(31-4)24(16-17)30-3/h5-16,26H,1-4H3/b14-13+. The van der Waals surface area contributed by atoms with Crippen LogP contribution in [-0.4, -0.2) is 34.2 Å². The third-order valence-electron chi connectivity index (χ3n) is 4.58. The second-order valence-corrected chi connectivity index (χ2v) is 6.56. The van der Waals surface area contributed by atoms with Gasteiger partial charge in [-0.25, -0.2) is 0 Å². The number of anilines is 1. The van der Waals surface area contributed by atoms with Crippen molar-refractivity contribution in [2.45, 2.75) is 0 Å². The van der Waals surface area contributed by atoms with E-state index in [1.807, 2.05) is 48.5 Å². The molecule has 0 saturated heterocycles. The van der Waals surface area contributed by atoms with Gasteiger partial charge in [-0.3, -0.25) is 4.79 Å². The number of allylic oxidation sites excluding steroid dienone is 1. The van der Waals surface area contributed by atoms with Crippen LogP contribution in [0.2, 0.25) is 0 Å². The molecule has 0 spiro atoms. The van der Waals surface area contributed by atoms with Crippen molar-refractivity contribution in [3.05, 3.63) is 78.5 Å². The summed E-state index contributed by atoms with van der Waals surface area (Å²) in [6, 6.07) is 17.9. The van der Waals surface area contributed by atoms with E-state index in [2.05, 4.69) is 5.32 Å². The zero-order valence-electron chi connectivity index (χ0n) is 18.4. The summed E-state index contributed by atoms with van der Waals surface area (Å²) in [5.41, 5.74) is 1.22. The molecule has 0 heterocycles. The van der Waals surface area contributed by atoms with Gasteiger partial charge in [0.25, 0.3) is 0 Å². The van der Waals surface area contributed by atoms with Gasteiger partial charge in [-0.15, -0.1) is 0 Å². The fraction of sp³-hybridized carbons (Fsp3) is 0.160. The van der Waals surface area contributed by atoms with Crippen molar-refractivity contribution in [1.82, 2.24) is 0 Å². The first-order valence-electron chi connectivity index (χ1n) is 9.77. The van der Waals surface area contributed by atoms with E-state index in [-0.39, 0.29) is 5.78 Å². The van der Waals surface area contributed by atoms with Crippen molar-refractivity contribution in [3.8, 4) is 34.5 Å². The van der Waals surface area contributed by atoms with E-state index in [0.29, 0.717) is 34.3 Å². The largest absolute Gasteiger partial charge is 0.497 e. The van der Waals surface area contributed by atoms with Gasteiger partial charge in [0.15, 0.2) is 17.3 Å². The molecule has 3 aromatic carbocycles. The molecule has 0 fully saturated rings. The molecular formula is C25H25NO6. The van der Waals surface area contributed by atoms with Crippen LogP contribution in [0.15, 0.2) is 72.9 Å². The molecule has 7 nitrogen and oxygen atoms in total. The van der Waals surface area contributed by atoms with E-state index in [1.54, 1.807) is 25.4 Å². The minimum atomic E-state index is -0.212. The van der Waals surface area contributed by atoms with Gasteiger partial charge in [-0.2, -0.15) is 0 Å². The van der Waals surface area contributed by atoms with Crippen LogP contribution in [0.4, 0.5) is 5.69 Å². The summed E-state index contributed by atoms with van der Waals surface area (Å²) in [5.74, 6) is 3.24. The SMILES string of the molecule is COc1ccc(Oc2ccc(N/C=C/C(=O)c3cc(OC)c(OC)c(OC)c3)cc2)cc1. The van der Waals surface area contributed by atoms with E-state index >= 15 is 0 Å². The number of hydrogen-bond donors (Lipinski definition) is 1. The minimum absolute atomic E-state index is 0.212. The summed E-state index contributed by atoms with van der Waals surface area (Å²) < 4.78 is 26.8. The van der Waals surface area contributed by atoms with Gasteiger partial charge >= 0.3 is 0 Å². The highest BCUT2D eigenvalue weighted by molar-refractivity contribution is 6.05. The summed E-state index contributed by atoms with van der Waals surface area (Å²) in [4.78, 5) is 12.6. The summed E-state index contributed by atoms with van der Waals surface area (Å²) in [6.45, 7) is 0. The molecule has 0 atom stereocenters. The summed E-state index contributed by atoms with van der Waals surface area (Å²) >= 11 is 0. The highest BCUT2D eigenvalue weighted by Gasteiger charge is 2.15. The first kappa shape index (κ1) is 22.6. The fourth-order valence-electron chi connectivity index (χ4n) is 2.93. The highest BCUT2D eigenvalue weighted by Crippen LogP contribution is 2.38. The molecule has 3 aromatic rings. The minimum Gasteiger partial charge on any atom is -0.497 e. The number of ether oxygens (including phenoxy) is 5. The Bertz CT molecular complexity index is 1050. The van der Waals surface area contributed by atoms with Crippen molar-refractivity contribution in [2.24, 2.45) is 0 Å². The topological polar surface area (TPSA) is 75.3 Å². The van der Waals surface area contributed by atoms with Crippen LogP contribution in [0.1, 0.15) is 10.4 Å². The maximum atomic E-state index is 12.6. The van der Waals surface area contributed by atoms with Crippen molar-refractivity contribution in [1.29, 1.82) is 0 Å². The number of rotatable bonds is 10. The van der Waals surface area contributed by atoms with Crippen molar-refractivity contribution in [3.63, 3.8) is 0 Å². The molecule has 0 saturated carbocycles. The van der Waals surface area contributed by atoms with Crippen LogP contribution >= 0.6 is 0 Å². The second-order valence-electron chi connectivity index (χ2n) is 6.56. The number of methoxy groups -OCH3 is 4. The maximum Gasteiger partial charge on any atom is 0.203 e. The van der Waals surface area contributed by atoms with Gasteiger partial charge < -0.3 is 29.0 Å². The summed E-state index contributed by atoms with van der Waals surface area (Å²) in [7, 11) is 6.14.